The monoisotopic (exact) mass is 230 g/mol. The van der Waals surface area contributed by atoms with Gasteiger partial charge in [0.1, 0.15) is 0 Å². The van der Waals surface area contributed by atoms with E-state index in [0.29, 0.717) is 0 Å². The van der Waals surface area contributed by atoms with Gasteiger partial charge in [-0.25, -0.2) is 0 Å². The second-order valence-electron chi connectivity index (χ2n) is 3.92. The molecule has 0 aliphatic rings. The fourth-order valence-electron chi connectivity index (χ4n) is 1.83. The van der Waals surface area contributed by atoms with Crippen LogP contribution in [-0.2, 0) is 6.42 Å². The van der Waals surface area contributed by atoms with Crippen molar-refractivity contribution in [2.24, 2.45) is 0 Å². The number of rotatable bonds is 3. The molecule has 16 heavy (non-hydrogen) atoms. The predicted octanol–water partition coefficient (Wildman–Crippen LogP) is 4.96. The van der Waals surface area contributed by atoms with E-state index < -0.39 is 0 Å². The number of halogens is 1. The predicted molar refractivity (Wildman–Crippen MR) is 70.9 cm³/mol. The zero-order chi connectivity index (χ0) is 11.4. The standard InChI is InChI=1S/C15H15Cl/c1-2-6-13-9-10-14(11-15(13)16)12-7-4-3-5-8-12/h3-5,7-11H,2,6H2,1H3. The topological polar surface area (TPSA) is 0 Å². The lowest BCUT2D eigenvalue weighted by molar-refractivity contribution is 0.922. The molecule has 0 saturated heterocycles. The zero-order valence-electron chi connectivity index (χ0n) is 9.41. The summed E-state index contributed by atoms with van der Waals surface area (Å²) in [7, 11) is 0. The van der Waals surface area contributed by atoms with Gasteiger partial charge in [0.05, 0.1) is 0 Å². The SMILES string of the molecule is CCCc1ccc(-c2ccccc2)cc1Cl. The average Bonchev–Trinajstić information content (AvgIpc) is 2.33. The van der Waals surface area contributed by atoms with Crippen molar-refractivity contribution in [2.45, 2.75) is 19.8 Å². The zero-order valence-corrected chi connectivity index (χ0v) is 10.2. The van der Waals surface area contributed by atoms with Gasteiger partial charge >= 0.3 is 0 Å². The van der Waals surface area contributed by atoms with E-state index in [0.717, 1.165) is 17.9 Å². The summed E-state index contributed by atoms with van der Waals surface area (Å²) in [5.74, 6) is 0. The van der Waals surface area contributed by atoms with Gasteiger partial charge in [-0.05, 0) is 29.2 Å². The van der Waals surface area contributed by atoms with Crippen molar-refractivity contribution >= 4 is 11.6 Å². The molecular weight excluding hydrogens is 216 g/mol. The molecule has 0 unspecified atom stereocenters. The van der Waals surface area contributed by atoms with Gasteiger partial charge < -0.3 is 0 Å². The van der Waals surface area contributed by atoms with Crippen LogP contribution in [0.4, 0.5) is 0 Å². The van der Waals surface area contributed by atoms with Crippen LogP contribution in [0.3, 0.4) is 0 Å². The molecule has 2 aromatic carbocycles. The fraction of sp³-hybridized carbons (Fsp3) is 0.200. The van der Waals surface area contributed by atoms with E-state index in [1.807, 2.05) is 18.2 Å². The van der Waals surface area contributed by atoms with E-state index in [1.54, 1.807) is 0 Å². The third kappa shape index (κ3) is 2.45. The quantitative estimate of drug-likeness (QED) is 0.699. The molecule has 0 heterocycles. The van der Waals surface area contributed by atoms with Crippen LogP contribution in [0.1, 0.15) is 18.9 Å². The summed E-state index contributed by atoms with van der Waals surface area (Å²) in [5, 5.41) is 0.878. The van der Waals surface area contributed by atoms with Crippen molar-refractivity contribution in [2.75, 3.05) is 0 Å². The fourth-order valence-corrected chi connectivity index (χ4v) is 2.10. The van der Waals surface area contributed by atoms with E-state index in [2.05, 4.69) is 37.3 Å². The van der Waals surface area contributed by atoms with Crippen molar-refractivity contribution in [3.8, 4) is 11.1 Å². The average molecular weight is 231 g/mol. The van der Waals surface area contributed by atoms with Gasteiger partial charge in [0.15, 0.2) is 0 Å². The number of hydrogen-bond acceptors (Lipinski definition) is 0. The summed E-state index contributed by atoms with van der Waals surface area (Å²) in [6.07, 6.45) is 2.18. The molecule has 0 nitrogen and oxygen atoms in total. The minimum atomic E-state index is 0.878. The van der Waals surface area contributed by atoms with Gasteiger partial charge in [-0.1, -0.05) is 67.4 Å². The minimum absolute atomic E-state index is 0.878. The normalized spacial score (nSPS) is 10.4. The van der Waals surface area contributed by atoms with Gasteiger partial charge in [0, 0.05) is 5.02 Å². The van der Waals surface area contributed by atoms with Crippen LogP contribution in [0.2, 0.25) is 5.02 Å². The molecule has 82 valence electrons. The van der Waals surface area contributed by atoms with Crippen LogP contribution in [0.15, 0.2) is 48.5 Å². The number of aryl methyl sites for hydroxylation is 1. The van der Waals surface area contributed by atoms with Gasteiger partial charge in [-0.2, -0.15) is 0 Å². The summed E-state index contributed by atoms with van der Waals surface area (Å²) in [6.45, 7) is 2.17. The van der Waals surface area contributed by atoms with E-state index in [-0.39, 0.29) is 0 Å². The second kappa shape index (κ2) is 5.18. The molecular formula is C15H15Cl. The van der Waals surface area contributed by atoms with Crippen LogP contribution in [-0.4, -0.2) is 0 Å². The summed E-state index contributed by atoms with van der Waals surface area (Å²) in [4.78, 5) is 0. The molecule has 0 radical (unpaired) electrons. The Bertz CT molecular complexity index is 460. The van der Waals surface area contributed by atoms with Gasteiger partial charge in [-0.15, -0.1) is 0 Å². The van der Waals surface area contributed by atoms with Crippen LogP contribution >= 0.6 is 11.6 Å². The first-order valence-electron chi connectivity index (χ1n) is 5.65. The molecule has 0 aliphatic heterocycles. The summed E-state index contributed by atoms with van der Waals surface area (Å²) in [6, 6.07) is 16.7. The van der Waals surface area contributed by atoms with E-state index in [4.69, 9.17) is 11.6 Å². The third-order valence-electron chi connectivity index (χ3n) is 2.68. The maximum Gasteiger partial charge on any atom is 0.0444 e. The third-order valence-corrected chi connectivity index (χ3v) is 3.03. The Balaban J connectivity index is 2.35. The Morgan fingerprint density at radius 3 is 2.31 bits per heavy atom. The molecule has 0 amide bonds. The van der Waals surface area contributed by atoms with Crippen molar-refractivity contribution in [3.05, 3.63) is 59.1 Å². The molecule has 1 heteroatoms. The lowest BCUT2D eigenvalue weighted by Gasteiger charge is -2.06. The Kier molecular flexibility index (Phi) is 3.63. The van der Waals surface area contributed by atoms with Crippen molar-refractivity contribution in [3.63, 3.8) is 0 Å². The lowest BCUT2D eigenvalue weighted by Crippen LogP contribution is -1.86. The van der Waals surface area contributed by atoms with E-state index >= 15 is 0 Å². The summed E-state index contributed by atoms with van der Waals surface area (Å²) >= 11 is 6.26. The van der Waals surface area contributed by atoms with Crippen molar-refractivity contribution in [1.82, 2.24) is 0 Å². The largest absolute Gasteiger partial charge is 0.0840 e. The Morgan fingerprint density at radius 2 is 1.69 bits per heavy atom. The maximum atomic E-state index is 6.26. The van der Waals surface area contributed by atoms with E-state index in [9.17, 15) is 0 Å². The molecule has 2 rings (SSSR count). The van der Waals surface area contributed by atoms with Gasteiger partial charge in [0.25, 0.3) is 0 Å². The second-order valence-corrected chi connectivity index (χ2v) is 4.33. The molecule has 0 aromatic heterocycles. The Morgan fingerprint density at radius 1 is 0.938 bits per heavy atom. The summed E-state index contributed by atoms with van der Waals surface area (Å²) in [5.41, 5.74) is 3.64. The Labute approximate surface area is 102 Å². The first-order chi connectivity index (χ1) is 7.81. The van der Waals surface area contributed by atoms with Crippen LogP contribution in [0, 0.1) is 0 Å². The highest BCUT2D eigenvalue weighted by atomic mass is 35.5. The highest BCUT2D eigenvalue weighted by Gasteiger charge is 2.02. The first-order valence-corrected chi connectivity index (χ1v) is 6.03. The first kappa shape index (κ1) is 11.2. The molecule has 0 atom stereocenters. The van der Waals surface area contributed by atoms with Crippen LogP contribution in [0.25, 0.3) is 11.1 Å². The molecule has 0 N–H and O–H groups in total. The number of hydrogen-bond donors (Lipinski definition) is 0. The summed E-state index contributed by atoms with van der Waals surface area (Å²) < 4.78 is 0. The molecule has 0 spiro atoms. The van der Waals surface area contributed by atoms with Gasteiger partial charge in [0.2, 0.25) is 0 Å². The van der Waals surface area contributed by atoms with Crippen molar-refractivity contribution in [1.29, 1.82) is 0 Å². The van der Waals surface area contributed by atoms with Gasteiger partial charge in [-0.3, -0.25) is 0 Å². The Hall–Kier alpha value is -1.27. The van der Waals surface area contributed by atoms with E-state index in [1.165, 1.54) is 16.7 Å². The lowest BCUT2D eigenvalue weighted by atomic mass is 10.0. The molecule has 0 aliphatic carbocycles. The van der Waals surface area contributed by atoms with Crippen LogP contribution < -0.4 is 0 Å². The minimum Gasteiger partial charge on any atom is -0.0840 e. The van der Waals surface area contributed by atoms with Crippen LogP contribution in [0.5, 0.6) is 0 Å². The highest BCUT2D eigenvalue weighted by Crippen LogP contribution is 2.26. The number of benzene rings is 2. The highest BCUT2D eigenvalue weighted by molar-refractivity contribution is 6.31. The molecule has 0 fully saturated rings. The molecule has 2 aromatic rings. The molecule has 0 bridgehead atoms. The molecule has 0 saturated carbocycles. The maximum absolute atomic E-state index is 6.26. The smallest absolute Gasteiger partial charge is 0.0444 e. The van der Waals surface area contributed by atoms with Crippen molar-refractivity contribution < 1.29 is 0 Å².